The van der Waals surface area contributed by atoms with E-state index in [0.717, 1.165) is 5.56 Å². The molecule has 4 aromatic rings. The summed E-state index contributed by atoms with van der Waals surface area (Å²) in [5.74, 6) is 0.777. The number of thiazole rings is 1. The molecule has 3 aromatic carbocycles. The van der Waals surface area contributed by atoms with Gasteiger partial charge in [0, 0.05) is 11.2 Å². The molecule has 0 aliphatic carbocycles. The largest absolute Gasteiger partial charge is 0.490 e. The number of hydrogen-bond acceptors (Lipinski definition) is 8. The van der Waals surface area contributed by atoms with Crippen molar-refractivity contribution in [1.29, 1.82) is 0 Å². The molecule has 1 aliphatic rings. The number of rotatable bonds is 10. The predicted octanol–water partition coefficient (Wildman–Crippen LogP) is 6.35. The van der Waals surface area contributed by atoms with Crippen LogP contribution in [0, 0.1) is 0 Å². The van der Waals surface area contributed by atoms with Crippen LogP contribution < -0.4 is 29.1 Å². The Labute approximate surface area is 272 Å². The van der Waals surface area contributed by atoms with Crippen LogP contribution in [0.5, 0.6) is 17.2 Å². The first kappa shape index (κ1) is 31.7. The SMILES string of the molecule is CCOc1ccc([C@H]2C(C(=O)OC)=CN=c3s/c(=C\c4cc(Cl)c(OCc5ccc(Cl)cc5)c(Cl)c4)c(=O)n32)cc1OCC. The molecule has 44 heavy (non-hydrogen) atoms. The molecule has 8 nitrogen and oxygen atoms in total. The van der Waals surface area contributed by atoms with Gasteiger partial charge in [-0.3, -0.25) is 9.36 Å². The number of aromatic nitrogens is 1. The smallest absolute Gasteiger partial charge is 0.337 e. The summed E-state index contributed by atoms with van der Waals surface area (Å²) < 4.78 is 24.3. The van der Waals surface area contributed by atoms with Crippen LogP contribution in [0.4, 0.5) is 0 Å². The van der Waals surface area contributed by atoms with E-state index in [-0.39, 0.29) is 27.8 Å². The molecule has 0 radical (unpaired) electrons. The Balaban J connectivity index is 1.54. The lowest BCUT2D eigenvalue weighted by atomic mass is 9.97. The Morgan fingerprint density at radius 3 is 2.30 bits per heavy atom. The van der Waals surface area contributed by atoms with Crippen molar-refractivity contribution in [3.8, 4) is 17.2 Å². The van der Waals surface area contributed by atoms with Gasteiger partial charge in [-0.25, -0.2) is 9.79 Å². The molecule has 0 saturated heterocycles. The summed E-state index contributed by atoms with van der Waals surface area (Å²) in [7, 11) is 1.28. The minimum Gasteiger partial charge on any atom is -0.490 e. The molecule has 0 unspecified atom stereocenters. The Kier molecular flexibility index (Phi) is 10.0. The maximum absolute atomic E-state index is 13.9. The Morgan fingerprint density at radius 1 is 0.955 bits per heavy atom. The molecule has 1 aliphatic heterocycles. The average molecular weight is 674 g/mol. The fourth-order valence-electron chi connectivity index (χ4n) is 4.68. The number of ether oxygens (including phenoxy) is 4. The molecule has 5 rings (SSSR count). The van der Waals surface area contributed by atoms with E-state index in [0.29, 0.717) is 55.9 Å². The zero-order chi connectivity index (χ0) is 31.4. The maximum Gasteiger partial charge on any atom is 0.337 e. The lowest BCUT2D eigenvalue weighted by molar-refractivity contribution is -0.136. The standard InChI is InChI=1S/C32H27Cl3N2O6S/c1-4-41-25-11-8-20(15-26(25)42-5-2)28-22(31(39)40-3)16-36-32-37(28)30(38)27(44-32)14-19-12-23(34)29(24(35)13-19)43-17-18-6-9-21(33)10-7-18/h6-16,28H,4-5,17H2,1-3H3/b27-14-/t28-/m0/s1. The minimum atomic E-state index is -0.813. The highest BCUT2D eigenvalue weighted by Crippen LogP contribution is 2.36. The van der Waals surface area contributed by atoms with Crippen LogP contribution in [-0.4, -0.2) is 30.9 Å². The summed E-state index contributed by atoms with van der Waals surface area (Å²) in [5.41, 5.74) is 1.97. The summed E-state index contributed by atoms with van der Waals surface area (Å²) in [4.78, 5) is 31.6. The number of esters is 1. The van der Waals surface area contributed by atoms with Crippen LogP contribution in [0.2, 0.25) is 15.1 Å². The van der Waals surface area contributed by atoms with Crippen LogP contribution in [-0.2, 0) is 16.1 Å². The van der Waals surface area contributed by atoms with Gasteiger partial charge in [0.05, 0.1) is 46.5 Å². The number of fused-ring (bicyclic) bond motifs is 1. The number of hydrogen-bond donors (Lipinski definition) is 0. The van der Waals surface area contributed by atoms with Gasteiger partial charge < -0.3 is 18.9 Å². The van der Waals surface area contributed by atoms with Gasteiger partial charge in [0.15, 0.2) is 22.0 Å². The van der Waals surface area contributed by atoms with Crippen LogP contribution in [0.15, 0.2) is 76.2 Å². The Hall–Kier alpha value is -3.76. The molecular weight excluding hydrogens is 647 g/mol. The molecule has 1 aromatic heterocycles. The second-order valence-corrected chi connectivity index (χ2v) is 11.7. The van der Waals surface area contributed by atoms with Gasteiger partial charge in [-0.1, -0.05) is 64.3 Å². The van der Waals surface area contributed by atoms with E-state index in [4.69, 9.17) is 53.8 Å². The first-order chi connectivity index (χ1) is 21.2. The molecule has 2 heterocycles. The van der Waals surface area contributed by atoms with Crippen molar-refractivity contribution in [2.75, 3.05) is 20.3 Å². The maximum atomic E-state index is 13.9. The van der Waals surface area contributed by atoms with Crippen LogP contribution in [0.1, 0.15) is 36.6 Å². The molecule has 0 N–H and O–H groups in total. The summed E-state index contributed by atoms with van der Waals surface area (Å²) in [5, 5.41) is 1.20. The second kappa shape index (κ2) is 13.9. The minimum absolute atomic E-state index is 0.200. The van der Waals surface area contributed by atoms with E-state index in [1.807, 2.05) is 26.0 Å². The van der Waals surface area contributed by atoms with Gasteiger partial charge in [-0.2, -0.15) is 0 Å². The van der Waals surface area contributed by atoms with Crippen molar-refractivity contribution in [3.05, 3.63) is 118 Å². The number of halogens is 3. The monoisotopic (exact) mass is 672 g/mol. The van der Waals surface area contributed by atoms with E-state index >= 15 is 0 Å². The molecule has 12 heteroatoms. The Morgan fingerprint density at radius 2 is 1.64 bits per heavy atom. The number of benzene rings is 3. The zero-order valence-electron chi connectivity index (χ0n) is 23.9. The van der Waals surface area contributed by atoms with Gasteiger partial charge >= 0.3 is 5.97 Å². The summed E-state index contributed by atoms with van der Waals surface area (Å²) in [6.45, 7) is 4.84. The molecule has 228 valence electrons. The highest BCUT2D eigenvalue weighted by Gasteiger charge is 2.31. The number of carbonyl (C=O) groups excluding carboxylic acids is 1. The van der Waals surface area contributed by atoms with Crippen molar-refractivity contribution in [1.82, 2.24) is 4.57 Å². The molecule has 0 amide bonds. The molecular formula is C32H27Cl3N2O6S. The normalized spacial score (nSPS) is 14.4. The molecule has 0 bridgehead atoms. The van der Waals surface area contributed by atoms with E-state index in [1.165, 1.54) is 29.2 Å². The van der Waals surface area contributed by atoms with E-state index in [2.05, 4.69) is 4.99 Å². The zero-order valence-corrected chi connectivity index (χ0v) is 27.0. The lowest BCUT2D eigenvalue weighted by Crippen LogP contribution is -2.39. The van der Waals surface area contributed by atoms with Crippen molar-refractivity contribution in [2.45, 2.75) is 26.5 Å². The first-order valence-electron chi connectivity index (χ1n) is 13.6. The highest BCUT2D eigenvalue weighted by atomic mass is 35.5. The van der Waals surface area contributed by atoms with Crippen LogP contribution in [0.25, 0.3) is 6.08 Å². The van der Waals surface area contributed by atoms with Crippen molar-refractivity contribution >= 4 is 58.2 Å². The third kappa shape index (κ3) is 6.66. The summed E-state index contributed by atoms with van der Waals surface area (Å²) >= 11 is 20.2. The lowest BCUT2D eigenvalue weighted by Gasteiger charge is -2.23. The van der Waals surface area contributed by atoms with E-state index < -0.39 is 12.0 Å². The van der Waals surface area contributed by atoms with E-state index in [9.17, 15) is 9.59 Å². The third-order valence-electron chi connectivity index (χ3n) is 6.62. The van der Waals surface area contributed by atoms with Crippen LogP contribution in [0.3, 0.4) is 0 Å². The summed E-state index contributed by atoms with van der Waals surface area (Å²) in [6, 6.07) is 15.1. The second-order valence-electron chi connectivity index (χ2n) is 9.48. The Bertz CT molecular complexity index is 1890. The molecule has 1 atom stereocenters. The topological polar surface area (TPSA) is 88.4 Å². The molecule has 0 fully saturated rings. The van der Waals surface area contributed by atoms with E-state index in [1.54, 1.807) is 48.5 Å². The molecule has 0 saturated carbocycles. The van der Waals surface area contributed by atoms with Gasteiger partial charge in [-0.15, -0.1) is 0 Å². The van der Waals surface area contributed by atoms with Crippen molar-refractivity contribution in [3.63, 3.8) is 0 Å². The van der Waals surface area contributed by atoms with Crippen LogP contribution >= 0.6 is 46.1 Å². The number of carbonyl (C=O) groups is 1. The fourth-order valence-corrected chi connectivity index (χ4v) is 6.38. The van der Waals surface area contributed by atoms with Gasteiger partial charge in [0.2, 0.25) is 0 Å². The van der Waals surface area contributed by atoms with Crippen molar-refractivity contribution < 1.29 is 23.7 Å². The predicted molar refractivity (Wildman–Crippen MR) is 172 cm³/mol. The van der Waals surface area contributed by atoms with Crippen molar-refractivity contribution in [2.24, 2.45) is 4.99 Å². The number of methoxy groups -OCH3 is 1. The van der Waals surface area contributed by atoms with Gasteiger partial charge in [0.1, 0.15) is 6.61 Å². The third-order valence-corrected chi connectivity index (χ3v) is 8.43. The molecule has 0 spiro atoms. The number of nitrogens with zero attached hydrogens (tertiary/aromatic N) is 2. The summed E-state index contributed by atoms with van der Waals surface area (Å²) in [6.07, 6.45) is 3.11. The highest BCUT2D eigenvalue weighted by molar-refractivity contribution is 7.07. The fraction of sp³-hybridized carbons (Fsp3) is 0.219. The first-order valence-corrected chi connectivity index (χ1v) is 15.5. The van der Waals surface area contributed by atoms with Gasteiger partial charge in [0.25, 0.3) is 5.56 Å². The average Bonchev–Trinajstić information content (AvgIpc) is 3.32. The quantitative estimate of drug-likeness (QED) is 0.182. The van der Waals surface area contributed by atoms with Gasteiger partial charge in [-0.05, 0) is 73.0 Å².